The molecule has 2 aromatic carbocycles. The summed E-state index contributed by atoms with van der Waals surface area (Å²) in [5.41, 5.74) is 4.80. The van der Waals surface area contributed by atoms with E-state index in [2.05, 4.69) is 9.82 Å². The minimum Gasteiger partial charge on any atom is -0.478 e. The van der Waals surface area contributed by atoms with Crippen LogP contribution < -0.4 is 9.62 Å². The highest BCUT2D eigenvalue weighted by atomic mass is 32.2. The molecule has 0 saturated heterocycles. The number of anilines is 2. The molecule has 0 bridgehead atoms. The summed E-state index contributed by atoms with van der Waals surface area (Å²) in [7, 11) is -2.01. The molecule has 3 aromatic rings. The Morgan fingerprint density at radius 2 is 1.70 bits per heavy atom. The molecule has 3 rings (SSSR count). The van der Waals surface area contributed by atoms with Crippen molar-refractivity contribution in [2.45, 2.75) is 51.7 Å². The topological polar surface area (TPSA) is 142 Å². The van der Waals surface area contributed by atoms with Crippen LogP contribution in [0, 0.1) is 20.8 Å². The van der Waals surface area contributed by atoms with Crippen LogP contribution in [0.4, 0.5) is 24.5 Å². The van der Waals surface area contributed by atoms with Crippen molar-refractivity contribution in [2.75, 3.05) is 23.2 Å². The predicted octanol–water partition coefficient (Wildman–Crippen LogP) is 4.64. The summed E-state index contributed by atoms with van der Waals surface area (Å²) in [6.07, 6.45) is -4.37. The van der Waals surface area contributed by atoms with Crippen molar-refractivity contribution in [1.29, 1.82) is 0 Å². The average molecular weight is 585 g/mol. The van der Waals surface area contributed by atoms with E-state index in [9.17, 15) is 31.5 Å². The summed E-state index contributed by atoms with van der Waals surface area (Å²) < 4.78 is 61.6. The van der Waals surface area contributed by atoms with Gasteiger partial charge in [-0.05, 0) is 75.6 Å². The predicted molar refractivity (Wildman–Crippen MR) is 143 cm³/mol. The Bertz CT molecular complexity index is 1490. The molecule has 0 radical (unpaired) electrons. The standard InChI is InChI=1S/C24H30N4O4S.C2HF3O2/c1-6-28-18(4)21(17(3)25-28)12-13-27(5)23-11-10-19(15-22(23)24(29)30)26-33(31,32)20-9-7-8-16(2)14-20;3-2(4,5)1(6)7/h7-11,14-15,26H,6,12-13H2,1-5H3,(H,29,30);(H,6,7). The van der Waals surface area contributed by atoms with Gasteiger partial charge in [-0.2, -0.15) is 18.3 Å². The molecule has 0 aliphatic carbocycles. The molecule has 14 heteroatoms. The van der Waals surface area contributed by atoms with E-state index < -0.39 is 28.1 Å². The van der Waals surface area contributed by atoms with Crippen molar-refractivity contribution in [3.8, 4) is 0 Å². The van der Waals surface area contributed by atoms with Crippen LogP contribution in [0.1, 0.15) is 39.8 Å². The Kier molecular flexibility index (Phi) is 10.3. The molecule has 0 saturated carbocycles. The lowest BCUT2D eigenvalue weighted by atomic mass is 10.1. The fourth-order valence-corrected chi connectivity index (χ4v) is 5.06. The molecule has 40 heavy (non-hydrogen) atoms. The number of halogens is 3. The third-order valence-electron chi connectivity index (χ3n) is 5.96. The number of nitrogens with one attached hydrogen (secondary N) is 1. The summed E-state index contributed by atoms with van der Waals surface area (Å²) in [6, 6.07) is 11.1. The Morgan fingerprint density at radius 3 is 2.20 bits per heavy atom. The van der Waals surface area contributed by atoms with Gasteiger partial charge in [-0.3, -0.25) is 9.40 Å². The lowest BCUT2D eigenvalue weighted by Crippen LogP contribution is -2.23. The lowest BCUT2D eigenvalue weighted by molar-refractivity contribution is -0.192. The molecular weight excluding hydrogens is 553 g/mol. The van der Waals surface area contributed by atoms with E-state index in [0.717, 1.165) is 35.5 Å². The minimum absolute atomic E-state index is 0.0274. The van der Waals surface area contributed by atoms with E-state index in [-0.39, 0.29) is 16.1 Å². The number of nitrogens with zero attached hydrogens (tertiary/aromatic N) is 3. The number of aromatic carboxylic acids is 1. The zero-order chi connectivity index (χ0) is 30.4. The van der Waals surface area contributed by atoms with Crippen molar-refractivity contribution in [3.63, 3.8) is 0 Å². The highest BCUT2D eigenvalue weighted by Gasteiger charge is 2.38. The Hall–Kier alpha value is -4.07. The average Bonchev–Trinajstić information content (AvgIpc) is 3.14. The third kappa shape index (κ3) is 8.21. The van der Waals surface area contributed by atoms with Gasteiger partial charge >= 0.3 is 18.1 Å². The number of alkyl halides is 3. The number of sulfonamides is 1. The molecule has 0 spiro atoms. The van der Waals surface area contributed by atoms with Gasteiger partial charge < -0.3 is 15.1 Å². The number of carbonyl (C=O) groups is 2. The molecule has 0 fully saturated rings. The second kappa shape index (κ2) is 12.9. The Balaban J connectivity index is 0.000000708. The van der Waals surface area contributed by atoms with Gasteiger partial charge in [-0.15, -0.1) is 0 Å². The van der Waals surface area contributed by atoms with E-state index in [1.54, 1.807) is 24.3 Å². The van der Waals surface area contributed by atoms with Crippen LogP contribution in [0.3, 0.4) is 0 Å². The number of aromatic nitrogens is 2. The summed E-state index contributed by atoms with van der Waals surface area (Å²) in [5.74, 6) is -3.88. The Morgan fingerprint density at radius 1 is 1.07 bits per heavy atom. The number of carboxylic acid groups (broad SMARTS) is 2. The van der Waals surface area contributed by atoms with Crippen LogP contribution in [0.25, 0.3) is 0 Å². The highest BCUT2D eigenvalue weighted by molar-refractivity contribution is 7.92. The number of rotatable bonds is 9. The molecule has 0 atom stereocenters. The van der Waals surface area contributed by atoms with E-state index in [1.165, 1.54) is 12.1 Å². The van der Waals surface area contributed by atoms with E-state index in [0.29, 0.717) is 12.2 Å². The number of carboxylic acids is 2. The fraction of sp³-hybridized carbons (Fsp3) is 0.346. The van der Waals surface area contributed by atoms with E-state index in [1.807, 2.05) is 50.4 Å². The van der Waals surface area contributed by atoms with Crippen molar-refractivity contribution in [3.05, 3.63) is 70.5 Å². The number of hydrogen-bond acceptors (Lipinski definition) is 6. The minimum atomic E-state index is -5.08. The summed E-state index contributed by atoms with van der Waals surface area (Å²) >= 11 is 0. The van der Waals surface area contributed by atoms with Crippen LogP contribution in [0.15, 0.2) is 47.4 Å². The fourth-order valence-electron chi connectivity index (χ4n) is 3.90. The maximum absolute atomic E-state index is 12.7. The SMILES string of the molecule is CCn1nc(C)c(CCN(C)c2ccc(NS(=O)(=O)c3cccc(C)c3)cc2C(=O)O)c1C.O=C(O)C(F)(F)F. The number of hydrogen-bond donors (Lipinski definition) is 3. The van der Waals surface area contributed by atoms with E-state index in [4.69, 9.17) is 9.90 Å². The van der Waals surface area contributed by atoms with Gasteiger partial charge in [-0.1, -0.05) is 12.1 Å². The van der Waals surface area contributed by atoms with Gasteiger partial charge in [0, 0.05) is 31.5 Å². The molecule has 1 aromatic heterocycles. The normalized spacial score (nSPS) is 11.4. The first-order valence-electron chi connectivity index (χ1n) is 12.0. The molecule has 3 N–H and O–H groups in total. The number of aliphatic carboxylic acids is 1. The quantitative estimate of drug-likeness (QED) is 0.330. The maximum Gasteiger partial charge on any atom is 0.490 e. The van der Waals surface area contributed by atoms with Crippen LogP contribution in [0.2, 0.25) is 0 Å². The van der Waals surface area contributed by atoms with Crippen molar-refractivity contribution >= 4 is 33.3 Å². The summed E-state index contributed by atoms with van der Waals surface area (Å²) in [5, 5.41) is 21.4. The first kappa shape index (κ1) is 32.1. The second-order valence-corrected chi connectivity index (χ2v) is 10.6. The second-order valence-electron chi connectivity index (χ2n) is 8.90. The highest BCUT2D eigenvalue weighted by Crippen LogP contribution is 2.26. The van der Waals surface area contributed by atoms with Gasteiger partial charge in [0.1, 0.15) is 0 Å². The van der Waals surface area contributed by atoms with Crippen molar-refractivity contribution in [1.82, 2.24) is 9.78 Å². The largest absolute Gasteiger partial charge is 0.490 e. The van der Waals surface area contributed by atoms with Crippen LogP contribution in [0.5, 0.6) is 0 Å². The molecule has 0 aliphatic heterocycles. The van der Waals surface area contributed by atoms with Crippen LogP contribution >= 0.6 is 0 Å². The lowest BCUT2D eigenvalue weighted by Gasteiger charge is -2.22. The summed E-state index contributed by atoms with van der Waals surface area (Å²) in [4.78, 5) is 22.9. The smallest absolute Gasteiger partial charge is 0.478 e. The first-order valence-corrected chi connectivity index (χ1v) is 13.5. The zero-order valence-electron chi connectivity index (χ0n) is 22.6. The maximum atomic E-state index is 12.7. The molecule has 10 nitrogen and oxygen atoms in total. The van der Waals surface area contributed by atoms with Crippen LogP contribution in [-0.2, 0) is 27.8 Å². The van der Waals surface area contributed by atoms with Gasteiger partial charge in [-0.25, -0.2) is 18.0 Å². The zero-order valence-corrected chi connectivity index (χ0v) is 23.4. The third-order valence-corrected chi connectivity index (χ3v) is 7.34. The number of aryl methyl sites for hydroxylation is 3. The van der Waals surface area contributed by atoms with Crippen LogP contribution in [-0.4, -0.2) is 60.1 Å². The summed E-state index contributed by atoms with van der Waals surface area (Å²) in [6.45, 7) is 9.26. The van der Waals surface area contributed by atoms with Gasteiger partial charge in [0.05, 0.1) is 21.8 Å². The first-order chi connectivity index (χ1) is 18.5. The monoisotopic (exact) mass is 584 g/mol. The molecule has 1 heterocycles. The molecule has 0 unspecified atom stereocenters. The molecular formula is C26H31F3N4O6S. The van der Waals surface area contributed by atoms with Gasteiger partial charge in [0.2, 0.25) is 0 Å². The number of benzene rings is 2. The van der Waals surface area contributed by atoms with Crippen molar-refractivity contribution in [2.24, 2.45) is 0 Å². The van der Waals surface area contributed by atoms with Gasteiger partial charge in [0.15, 0.2) is 0 Å². The van der Waals surface area contributed by atoms with Crippen molar-refractivity contribution < 1.29 is 41.4 Å². The molecule has 0 aliphatic rings. The Labute approximate surface area is 230 Å². The van der Waals surface area contributed by atoms with Gasteiger partial charge in [0.25, 0.3) is 10.0 Å². The molecule has 218 valence electrons. The molecule has 0 amide bonds. The number of likely N-dealkylation sites (N-methyl/N-ethyl adjacent to an activating group) is 1. The van der Waals surface area contributed by atoms with E-state index >= 15 is 0 Å².